The molecular weight excluding hydrogens is 300 g/mol. The molecule has 0 spiro atoms. The van der Waals surface area contributed by atoms with Crippen molar-refractivity contribution in [2.24, 2.45) is 28.6 Å². The monoisotopic (exact) mass is 332 g/mol. The van der Waals surface area contributed by atoms with Crippen LogP contribution in [-0.2, 0) is 9.53 Å². The fourth-order valence-electron chi connectivity index (χ4n) is 6.94. The van der Waals surface area contributed by atoms with Crippen molar-refractivity contribution in [2.45, 2.75) is 84.3 Å². The molecule has 0 amide bonds. The summed E-state index contributed by atoms with van der Waals surface area (Å²) in [6.07, 6.45) is 11.3. The zero-order valence-corrected chi connectivity index (χ0v) is 15.4. The summed E-state index contributed by atoms with van der Waals surface area (Å²) in [5.41, 5.74) is 1.98. The number of hydrogen-bond donors (Lipinski definition) is 1. The summed E-state index contributed by atoms with van der Waals surface area (Å²) in [5.74, 6) is 2.03. The van der Waals surface area contributed by atoms with Crippen molar-refractivity contribution in [1.82, 2.24) is 0 Å². The SMILES string of the molecule is CC(=O)O[C@H]1CC[C@@]2(C)C(=CC[C@H]3[C@H]4CC[C@H](O)[C@@]4(C)CC[C@H]32)C1. The number of aliphatic hydroxyl groups is 1. The molecule has 0 bridgehead atoms. The Kier molecular flexibility index (Phi) is 3.87. The van der Waals surface area contributed by atoms with E-state index < -0.39 is 0 Å². The number of aliphatic hydroxyl groups excluding tert-OH is 1. The van der Waals surface area contributed by atoms with Gasteiger partial charge in [-0.15, -0.1) is 0 Å². The highest BCUT2D eigenvalue weighted by Gasteiger charge is 2.58. The van der Waals surface area contributed by atoms with Crippen molar-refractivity contribution in [3.63, 3.8) is 0 Å². The molecule has 134 valence electrons. The molecule has 4 aliphatic carbocycles. The molecular formula is C21H32O3. The van der Waals surface area contributed by atoms with Crippen LogP contribution >= 0.6 is 0 Å². The van der Waals surface area contributed by atoms with Crippen molar-refractivity contribution < 1.29 is 14.6 Å². The highest BCUT2D eigenvalue weighted by Crippen LogP contribution is 2.64. The number of carbonyl (C=O) groups excluding carboxylic acids is 1. The van der Waals surface area contributed by atoms with Crippen LogP contribution in [0.5, 0.6) is 0 Å². The summed E-state index contributed by atoms with van der Waals surface area (Å²) >= 11 is 0. The molecule has 0 unspecified atom stereocenters. The van der Waals surface area contributed by atoms with Gasteiger partial charge in [0.1, 0.15) is 6.10 Å². The molecule has 3 fully saturated rings. The van der Waals surface area contributed by atoms with Crippen LogP contribution in [0.15, 0.2) is 11.6 Å². The van der Waals surface area contributed by atoms with Gasteiger partial charge in [-0.05, 0) is 73.5 Å². The first-order chi connectivity index (χ1) is 11.3. The summed E-state index contributed by atoms with van der Waals surface area (Å²) < 4.78 is 5.51. The van der Waals surface area contributed by atoms with Crippen molar-refractivity contribution >= 4 is 5.97 Å². The topological polar surface area (TPSA) is 46.5 Å². The molecule has 3 heteroatoms. The third-order valence-corrected chi connectivity index (χ3v) is 8.34. The normalized spacial score (nSPS) is 50.3. The van der Waals surface area contributed by atoms with Crippen LogP contribution in [0, 0.1) is 28.6 Å². The Morgan fingerprint density at radius 3 is 2.71 bits per heavy atom. The third kappa shape index (κ3) is 2.30. The average molecular weight is 332 g/mol. The minimum atomic E-state index is -0.147. The summed E-state index contributed by atoms with van der Waals surface area (Å²) in [6.45, 7) is 6.32. The molecule has 24 heavy (non-hydrogen) atoms. The number of rotatable bonds is 1. The van der Waals surface area contributed by atoms with E-state index >= 15 is 0 Å². The first-order valence-electron chi connectivity index (χ1n) is 9.89. The molecule has 0 aromatic rings. The summed E-state index contributed by atoms with van der Waals surface area (Å²) in [5, 5.41) is 10.5. The van der Waals surface area contributed by atoms with Crippen molar-refractivity contribution in [3.05, 3.63) is 11.6 Å². The third-order valence-electron chi connectivity index (χ3n) is 8.34. The number of ether oxygens (including phenoxy) is 1. The lowest BCUT2D eigenvalue weighted by atomic mass is 9.48. The molecule has 3 nitrogen and oxygen atoms in total. The van der Waals surface area contributed by atoms with Crippen LogP contribution in [-0.4, -0.2) is 23.3 Å². The predicted octanol–water partition coefficient (Wildman–Crippen LogP) is 4.24. The Hall–Kier alpha value is -0.830. The first kappa shape index (κ1) is 16.6. The fraction of sp³-hybridized carbons (Fsp3) is 0.857. The van der Waals surface area contributed by atoms with Crippen molar-refractivity contribution in [3.8, 4) is 0 Å². The van der Waals surface area contributed by atoms with E-state index in [0.717, 1.165) is 43.9 Å². The van der Waals surface area contributed by atoms with Gasteiger partial charge < -0.3 is 9.84 Å². The van der Waals surface area contributed by atoms with Gasteiger partial charge in [0.15, 0.2) is 0 Å². The quantitative estimate of drug-likeness (QED) is 0.577. The van der Waals surface area contributed by atoms with Gasteiger partial charge in [0.2, 0.25) is 0 Å². The number of carbonyl (C=O) groups is 1. The maximum absolute atomic E-state index is 11.3. The Bertz CT molecular complexity index is 567. The molecule has 0 radical (unpaired) electrons. The van der Waals surface area contributed by atoms with E-state index in [1.165, 1.54) is 26.2 Å². The van der Waals surface area contributed by atoms with Crippen LogP contribution in [0.3, 0.4) is 0 Å². The Morgan fingerprint density at radius 1 is 1.17 bits per heavy atom. The molecule has 0 heterocycles. The van der Waals surface area contributed by atoms with E-state index in [1.54, 1.807) is 5.57 Å². The van der Waals surface area contributed by atoms with Gasteiger partial charge in [0.25, 0.3) is 0 Å². The summed E-state index contributed by atoms with van der Waals surface area (Å²) in [7, 11) is 0. The first-order valence-corrected chi connectivity index (χ1v) is 9.89. The van der Waals surface area contributed by atoms with Gasteiger partial charge >= 0.3 is 5.97 Å². The maximum Gasteiger partial charge on any atom is 0.302 e. The van der Waals surface area contributed by atoms with E-state index in [-0.39, 0.29) is 29.0 Å². The zero-order valence-electron chi connectivity index (χ0n) is 15.4. The fourth-order valence-corrected chi connectivity index (χ4v) is 6.94. The molecule has 3 saturated carbocycles. The van der Waals surface area contributed by atoms with Crippen LogP contribution in [0.4, 0.5) is 0 Å². The molecule has 0 saturated heterocycles. The molecule has 0 aliphatic heterocycles. The van der Waals surface area contributed by atoms with Gasteiger partial charge in [-0.1, -0.05) is 25.5 Å². The standard InChI is InChI=1S/C21H32O3/c1-13(22)24-15-8-10-20(2)14(12-15)4-5-16-17-6-7-19(23)21(17,3)11-9-18(16)20/h4,15-19,23H,5-12H2,1-3H3/t15-,16-,17+,18+,19-,20-,21-/m0/s1. The minimum absolute atomic E-state index is 0.0838. The summed E-state index contributed by atoms with van der Waals surface area (Å²) in [6, 6.07) is 0. The molecule has 0 aromatic carbocycles. The second-order valence-corrected chi connectivity index (χ2v) is 9.37. The molecule has 7 atom stereocenters. The van der Waals surface area contributed by atoms with Crippen LogP contribution in [0.25, 0.3) is 0 Å². The second kappa shape index (κ2) is 5.59. The van der Waals surface area contributed by atoms with Crippen molar-refractivity contribution in [2.75, 3.05) is 0 Å². The van der Waals surface area contributed by atoms with Crippen LogP contribution in [0.2, 0.25) is 0 Å². The highest BCUT2D eigenvalue weighted by molar-refractivity contribution is 5.66. The lowest BCUT2D eigenvalue weighted by Crippen LogP contribution is -2.51. The van der Waals surface area contributed by atoms with E-state index in [1.807, 2.05) is 0 Å². The Morgan fingerprint density at radius 2 is 1.96 bits per heavy atom. The van der Waals surface area contributed by atoms with Gasteiger partial charge in [-0.2, -0.15) is 0 Å². The largest absolute Gasteiger partial charge is 0.462 e. The number of fused-ring (bicyclic) bond motifs is 5. The second-order valence-electron chi connectivity index (χ2n) is 9.37. The molecule has 4 rings (SSSR count). The lowest BCUT2D eigenvalue weighted by Gasteiger charge is -2.57. The molecule has 1 N–H and O–H groups in total. The van der Waals surface area contributed by atoms with E-state index in [0.29, 0.717) is 5.92 Å². The Balaban J connectivity index is 1.59. The smallest absolute Gasteiger partial charge is 0.302 e. The van der Waals surface area contributed by atoms with E-state index in [9.17, 15) is 9.90 Å². The van der Waals surface area contributed by atoms with Crippen molar-refractivity contribution in [1.29, 1.82) is 0 Å². The van der Waals surface area contributed by atoms with Gasteiger partial charge in [0, 0.05) is 13.3 Å². The number of hydrogen-bond acceptors (Lipinski definition) is 3. The van der Waals surface area contributed by atoms with Gasteiger partial charge in [-0.3, -0.25) is 4.79 Å². The van der Waals surface area contributed by atoms with E-state index in [4.69, 9.17) is 4.74 Å². The number of allylic oxidation sites excluding steroid dienone is 1. The lowest BCUT2D eigenvalue weighted by molar-refractivity contribution is -0.148. The van der Waals surface area contributed by atoms with Crippen LogP contribution < -0.4 is 0 Å². The van der Waals surface area contributed by atoms with Crippen LogP contribution in [0.1, 0.15) is 72.1 Å². The van der Waals surface area contributed by atoms with Gasteiger partial charge in [0.05, 0.1) is 6.10 Å². The summed E-state index contributed by atoms with van der Waals surface area (Å²) in [4.78, 5) is 11.3. The average Bonchev–Trinajstić information content (AvgIpc) is 2.83. The van der Waals surface area contributed by atoms with Gasteiger partial charge in [-0.25, -0.2) is 0 Å². The minimum Gasteiger partial charge on any atom is -0.462 e. The van der Waals surface area contributed by atoms with E-state index in [2.05, 4.69) is 19.9 Å². The molecule has 0 aromatic heterocycles. The Labute approximate surface area is 145 Å². The zero-order chi connectivity index (χ0) is 17.1. The highest BCUT2D eigenvalue weighted by atomic mass is 16.5. The molecule has 4 aliphatic rings. The predicted molar refractivity (Wildman–Crippen MR) is 93.3 cm³/mol. The number of esters is 1. The maximum atomic E-state index is 11.3.